The second kappa shape index (κ2) is 8.22. The highest BCUT2D eigenvalue weighted by Gasteiger charge is 2.31. The van der Waals surface area contributed by atoms with Crippen LogP contribution in [-0.4, -0.2) is 22.4 Å². The molecule has 156 valence electrons. The molecule has 3 aromatic rings. The maximum atomic E-state index is 12.6. The van der Waals surface area contributed by atoms with Crippen LogP contribution >= 0.6 is 0 Å². The molecule has 0 aliphatic heterocycles. The van der Waals surface area contributed by atoms with E-state index in [4.69, 9.17) is 0 Å². The van der Waals surface area contributed by atoms with Crippen molar-refractivity contribution in [2.75, 3.05) is 10.6 Å². The van der Waals surface area contributed by atoms with E-state index >= 15 is 0 Å². The van der Waals surface area contributed by atoms with Gasteiger partial charge in [0.15, 0.2) is 0 Å². The second-order valence-corrected chi connectivity index (χ2v) is 7.24. The monoisotopic (exact) mass is 414 g/mol. The highest BCUT2D eigenvalue weighted by molar-refractivity contribution is 5.66. The molecule has 5 nitrogen and oxygen atoms in total. The van der Waals surface area contributed by atoms with Crippen LogP contribution in [0.1, 0.15) is 24.0 Å². The van der Waals surface area contributed by atoms with Gasteiger partial charge >= 0.3 is 6.36 Å². The molecule has 1 aliphatic carbocycles. The molecule has 1 aromatic heterocycles. The second-order valence-electron chi connectivity index (χ2n) is 7.24. The first-order valence-electron chi connectivity index (χ1n) is 9.66. The first kappa shape index (κ1) is 20.0. The van der Waals surface area contributed by atoms with E-state index in [0.717, 1.165) is 24.0 Å². The van der Waals surface area contributed by atoms with Crippen LogP contribution < -0.4 is 15.4 Å². The van der Waals surface area contributed by atoms with Crippen LogP contribution in [0.4, 0.5) is 24.9 Å². The molecule has 1 saturated carbocycles. The zero-order valence-corrected chi connectivity index (χ0v) is 16.3. The number of nitrogens with zero attached hydrogens (tertiary/aromatic N) is 2. The smallest absolute Gasteiger partial charge is 0.406 e. The van der Waals surface area contributed by atoms with Crippen molar-refractivity contribution in [3.05, 3.63) is 65.7 Å². The zero-order valence-electron chi connectivity index (χ0n) is 16.3. The van der Waals surface area contributed by atoms with Gasteiger partial charge in [-0.3, -0.25) is 0 Å². The molecule has 0 bridgehead atoms. The molecule has 0 radical (unpaired) electrons. The summed E-state index contributed by atoms with van der Waals surface area (Å²) in [5, 5.41) is 6.55. The van der Waals surface area contributed by atoms with Gasteiger partial charge in [-0.15, -0.1) is 13.2 Å². The molecule has 0 amide bonds. The number of benzene rings is 2. The van der Waals surface area contributed by atoms with E-state index in [1.807, 2.05) is 31.2 Å². The minimum atomic E-state index is -4.75. The van der Waals surface area contributed by atoms with Crippen molar-refractivity contribution in [2.45, 2.75) is 38.7 Å². The summed E-state index contributed by atoms with van der Waals surface area (Å²) >= 11 is 0. The van der Waals surface area contributed by atoms with E-state index < -0.39 is 6.36 Å². The number of hydrogen-bond acceptors (Lipinski definition) is 5. The third kappa shape index (κ3) is 5.40. The highest BCUT2D eigenvalue weighted by atomic mass is 19.4. The molecular weight excluding hydrogens is 393 g/mol. The predicted octanol–water partition coefficient (Wildman–Crippen LogP) is 5.54. The van der Waals surface area contributed by atoms with Crippen LogP contribution in [0.5, 0.6) is 5.75 Å². The summed E-state index contributed by atoms with van der Waals surface area (Å²) in [6, 6.07) is 15.9. The van der Waals surface area contributed by atoms with Gasteiger partial charge in [-0.2, -0.15) is 4.98 Å². The molecule has 2 aromatic carbocycles. The molecule has 8 heteroatoms. The Kier molecular flexibility index (Phi) is 5.48. The average molecular weight is 414 g/mol. The van der Waals surface area contributed by atoms with Crippen molar-refractivity contribution in [3.8, 4) is 17.0 Å². The van der Waals surface area contributed by atoms with Crippen molar-refractivity contribution in [1.29, 1.82) is 0 Å². The lowest BCUT2D eigenvalue weighted by molar-refractivity contribution is -0.274. The van der Waals surface area contributed by atoms with Gasteiger partial charge in [0.1, 0.15) is 11.6 Å². The van der Waals surface area contributed by atoms with Gasteiger partial charge in [0.05, 0.1) is 5.69 Å². The fourth-order valence-electron chi connectivity index (χ4n) is 3.01. The lowest BCUT2D eigenvalue weighted by Crippen LogP contribution is -2.17. The molecule has 30 heavy (non-hydrogen) atoms. The van der Waals surface area contributed by atoms with E-state index in [0.29, 0.717) is 35.6 Å². The minimum Gasteiger partial charge on any atom is -0.406 e. The maximum absolute atomic E-state index is 12.6. The van der Waals surface area contributed by atoms with Crippen molar-refractivity contribution >= 4 is 11.8 Å². The lowest BCUT2D eigenvalue weighted by Gasteiger charge is -2.13. The van der Waals surface area contributed by atoms with E-state index in [2.05, 4.69) is 25.3 Å². The summed E-state index contributed by atoms with van der Waals surface area (Å²) < 4.78 is 41.8. The van der Waals surface area contributed by atoms with Crippen molar-refractivity contribution in [1.82, 2.24) is 9.97 Å². The summed E-state index contributed by atoms with van der Waals surface area (Å²) in [4.78, 5) is 9.02. The van der Waals surface area contributed by atoms with Gasteiger partial charge in [-0.05, 0) is 43.0 Å². The van der Waals surface area contributed by atoms with Crippen LogP contribution in [0, 0.1) is 6.92 Å². The van der Waals surface area contributed by atoms with Crippen LogP contribution in [0.15, 0.2) is 54.6 Å². The number of anilines is 2. The Hall–Kier alpha value is -3.29. The molecule has 0 atom stereocenters. The van der Waals surface area contributed by atoms with Crippen LogP contribution in [0.25, 0.3) is 11.3 Å². The fraction of sp³-hybridized carbons (Fsp3) is 0.273. The van der Waals surface area contributed by atoms with Crippen molar-refractivity contribution < 1.29 is 17.9 Å². The van der Waals surface area contributed by atoms with Gasteiger partial charge in [0, 0.05) is 24.2 Å². The molecular formula is C22H21F3N4O. The Morgan fingerprint density at radius 2 is 1.83 bits per heavy atom. The molecule has 0 saturated heterocycles. The molecule has 1 aliphatic rings. The largest absolute Gasteiger partial charge is 0.573 e. The van der Waals surface area contributed by atoms with Crippen LogP contribution in [0.2, 0.25) is 0 Å². The number of alkyl halides is 3. The third-order valence-corrected chi connectivity index (χ3v) is 4.72. The van der Waals surface area contributed by atoms with Crippen molar-refractivity contribution in [2.24, 2.45) is 0 Å². The Morgan fingerprint density at radius 3 is 2.57 bits per heavy atom. The standard InChI is InChI=1S/C22H21F3N4O/c1-14-5-2-3-6-16(14)13-26-20-12-19(28-21(29-20)27-17-9-10-17)15-7-4-8-18(11-15)30-22(23,24)25/h2-8,11-12,17H,9-10,13H2,1H3,(H2,26,27,28,29). The van der Waals surface area contributed by atoms with Gasteiger partial charge in [-0.25, -0.2) is 4.98 Å². The maximum Gasteiger partial charge on any atom is 0.573 e. The topological polar surface area (TPSA) is 59.1 Å². The number of aryl methyl sites for hydroxylation is 1. The Morgan fingerprint density at radius 1 is 1.03 bits per heavy atom. The number of halogens is 3. The first-order chi connectivity index (χ1) is 14.4. The fourth-order valence-corrected chi connectivity index (χ4v) is 3.01. The number of ether oxygens (including phenoxy) is 1. The van der Waals surface area contributed by atoms with Gasteiger partial charge in [0.25, 0.3) is 0 Å². The van der Waals surface area contributed by atoms with Gasteiger partial charge in [-0.1, -0.05) is 36.4 Å². The Labute approximate surface area is 172 Å². The average Bonchev–Trinajstić information content (AvgIpc) is 3.50. The summed E-state index contributed by atoms with van der Waals surface area (Å²) in [6.45, 7) is 2.61. The number of nitrogens with one attached hydrogen (secondary N) is 2. The molecule has 0 unspecified atom stereocenters. The van der Waals surface area contributed by atoms with Gasteiger partial charge in [0.2, 0.25) is 5.95 Å². The summed E-state index contributed by atoms with van der Waals surface area (Å²) in [6.07, 6.45) is -2.65. The molecule has 1 heterocycles. The lowest BCUT2D eigenvalue weighted by atomic mass is 10.1. The van der Waals surface area contributed by atoms with Crippen LogP contribution in [0.3, 0.4) is 0 Å². The molecule has 4 rings (SSSR count). The van der Waals surface area contributed by atoms with Crippen LogP contribution in [-0.2, 0) is 6.54 Å². The minimum absolute atomic E-state index is 0.287. The summed E-state index contributed by atoms with van der Waals surface area (Å²) in [5.41, 5.74) is 3.31. The van der Waals surface area contributed by atoms with Gasteiger partial charge < -0.3 is 15.4 Å². The van der Waals surface area contributed by atoms with E-state index in [1.165, 1.54) is 18.2 Å². The Balaban J connectivity index is 1.61. The summed E-state index contributed by atoms with van der Waals surface area (Å²) in [7, 11) is 0. The number of hydrogen-bond donors (Lipinski definition) is 2. The Bertz CT molecular complexity index is 1030. The quantitative estimate of drug-likeness (QED) is 0.532. The third-order valence-electron chi connectivity index (χ3n) is 4.72. The zero-order chi connectivity index (χ0) is 21.1. The van der Waals surface area contributed by atoms with Crippen molar-refractivity contribution in [3.63, 3.8) is 0 Å². The SMILES string of the molecule is Cc1ccccc1CNc1cc(-c2cccc(OC(F)(F)F)c2)nc(NC2CC2)n1. The predicted molar refractivity (Wildman–Crippen MR) is 109 cm³/mol. The highest BCUT2D eigenvalue weighted by Crippen LogP contribution is 2.30. The van der Waals surface area contributed by atoms with E-state index in [1.54, 1.807) is 12.1 Å². The molecule has 1 fully saturated rings. The van der Waals surface area contributed by atoms with E-state index in [-0.39, 0.29) is 5.75 Å². The summed E-state index contributed by atoms with van der Waals surface area (Å²) in [5.74, 6) is 0.753. The first-order valence-corrected chi connectivity index (χ1v) is 9.66. The van der Waals surface area contributed by atoms with E-state index in [9.17, 15) is 13.2 Å². The molecule has 2 N–H and O–H groups in total. The molecule has 0 spiro atoms. The number of aromatic nitrogens is 2. The normalized spacial score (nSPS) is 13.7. The number of rotatable bonds is 7.